The van der Waals surface area contributed by atoms with Crippen LogP contribution in [0.5, 0.6) is 0 Å². The number of hydrogen-bond acceptors (Lipinski definition) is 4. The second-order valence-corrected chi connectivity index (χ2v) is 7.07. The standard InChI is InChI=1S/C18H28N4OS/c1-6-9-10-21-12-20(11-14(4)7-2)13-22(18(21)23)17-15(5)16(8-3)19-24-17/h6-7,14H,1-2,8-13H2,3-5H3. The van der Waals surface area contributed by atoms with Gasteiger partial charge in [0.1, 0.15) is 5.00 Å². The van der Waals surface area contributed by atoms with E-state index in [4.69, 9.17) is 0 Å². The molecule has 6 heteroatoms. The van der Waals surface area contributed by atoms with Crippen LogP contribution in [0, 0.1) is 12.8 Å². The molecule has 0 radical (unpaired) electrons. The maximum atomic E-state index is 12.9. The van der Waals surface area contributed by atoms with E-state index < -0.39 is 0 Å². The third-order valence-electron chi connectivity index (χ3n) is 4.34. The third kappa shape index (κ3) is 4.05. The zero-order chi connectivity index (χ0) is 17.7. The normalized spacial score (nSPS) is 17.2. The first-order chi connectivity index (χ1) is 11.5. The van der Waals surface area contributed by atoms with Crippen LogP contribution in [0.25, 0.3) is 0 Å². The highest BCUT2D eigenvalue weighted by molar-refractivity contribution is 7.10. The number of aromatic nitrogens is 1. The lowest BCUT2D eigenvalue weighted by atomic mass is 10.1. The van der Waals surface area contributed by atoms with Crippen LogP contribution in [-0.2, 0) is 6.42 Å². The molecule has 1 saturated heterocycles. The number of carbonyl (C=O) groups excluding carboxylic acids is 1. The van der Waals surface area contributed by atoms with Gasteiger partial charge in [-0.2, -0.15) is 4.37 Å². The molecule has 0 spiro atoms. The molecule has 1 fully saturated rings. The average Bonchev–Trinajstić information content (AvgIpc) is 2.95. The van der Waals surface area contributed by atoms with Gasteiger partial charge in [0.25, 0.3) is 0 Å². The van der Waals surface area contributed by atoms with Crippen LogP contribution in [0.2, 0.25) is 0 Å². The lowest BCUT2D eigenvalue weighted by molar-refractivity contribution is 0.110. The van der Waals surface area contributed by atoms with Gasteiger partial charge in [-0.05, 0) is 37.2 Å². The molecule has 1 aliphatic rings. The monoisotopic (exact) mass is 348 g/mol. The summed E-state index contributed by atoms with van der Waals surface area (Å²) in [5, 5.41) is 0.969. The van der Waals surface area contributed by atoms with Crippen LogP contribution in [0.15, 0.2) is 25.3 Å². The van der Waals surface area contributed by atoms with Gasteiger partial charge >= 0.3 is 6.03 Å². The van der Waals surface area contributed by atoms with E-state index in [1.165, 1.54) is 11.5 Å². The van der Waals surface area contributed by atoms with Crippen LogP contribution in [0.3, 0.4) is 0 Å². The fraction of sp³-hybridized carbons (Fsp3) is 0.556. The van der Waals surface area contributed by atoms with E-state index in [-0.39, 0.29) is 6.03 Å². The Morgan fingerprint density at radius 1 is 1.38 bits per heavy atom. The molecule has 0 aromatic carbocycles. The summed E-state index contributed by atoms with van der Waals surface area (Å²) in [6.07, 6.45) is 5.51. The Hall–Kier alpha value is -1.66. The minimum atomic E-state index is 0.0637. The van der Waals surface area contributed by atoms with Crippen molar-refractivity contribution < 1.29 is 4.79 Å². The van der Waals surface area contributed by atoms with Crippen molar-refractivity contribution in [3.8, 4) is 0 Å². The van der Waals surface area contributed by atoms with E-state index >= 15 is 0 Å². The summed E-state index contributed by atoms with van der Waals surface area (Å²) in [7, 11) is 0. The molecule has 1 unspecified atom stereocenters. The molecule has 0 N–H and O–H groups in total. The summed E-state index contributed by atoms with van der Waals surface area (Å²) in [4.78, 5) is 19.0. The van der Waals surface area contributed by atoms with Crippen LogP contribution >= 0.6 is 11.5 Å². The topological polar surface area (TPSA) is 39.7 Å². The molecule has 0 bridgehead atoms. The van der Waals surface area contributed by atoms with Gasteiger partial charge in [0.05, 0.1) is 19.0 Å². The molecule has 0 saturated carbocycles. The highest BCUT2D eigenvalue weighted by Gasteiger charge is 2.33. The van der Waals surface area contributed by atoms with Crippen LogP contribution in [0.4, 0.5) is 9.80 Å². The van der Waals surface area contributed by atoms with Gasteiger partial charge in [-0.15, -0.1) is 13.2 Å². The van der Waals surface area contributed by atoms with Crippen molar-refractivity contribution in [1.29, 1.82) is 0 Å². The molecular formula is C18H28N4OS. The molecule has 1 atom stereocenters. The molecule has 132 valence electrons. The number of aryl methyl sites for hydroxylation is 1. The van der Waals surface area contributed by atoms with E-state index in [0.717, 1.165) is 35.6 Å². The van der Waals surface area contributed by atoms with E-state index in [1.807, 2.05) is 22.0 Å². The Bertz CT molecular complexity index is 598. The van der Waals surface area contributed by atoms with Crippen molar-refractivity contribution in [2.45, 2.75) is 33.6 Å². The van der Waals surface area contributed by atoms with Gasteiger partial charge in [-0.3, -0.25) is 9.80 Å². The fourth-order valence-corrected chi connectivity index (χ4v) is 3.83. The zero-order valence-corrected chi connectivity index (χ0v) is 15.8. The number of hydrogen-bond donors (Lipinski definition) is 0. The van der Waals surface area contributed by atoms with Gasteiger partial charge in [-0.25, -0.2) is 4.79 Å². The summed E-state index contributed by atoms with van der Waals surface area (Å²) >= 11 is 1.43. The highest BCUT2D eigenvalue weighted by Crippen LogP contribution is 2.31. The summed E-state index contributed by atoms with van der Waals surface area (Å²) in [5.41, 5.74) is 2.20. The van der Waals surface area contributed by atoms with Crippen molar-refractivity contribution in [3.05, 3.63) is 36.6 Å². The predicted octanol–water partition coefficient (Wildman–Crippen LogP) is 3.87. The minimum Gasteiger partial charge on any atom is -0.311 e. The Morgan fingerprint density at radius 3 is 2.71 bits per heavy atom. The smallest absolute Gasteiger partial charge is 0.311 e. The van der Waals surface area contributed by atoms with Crippen molar-refractivity contribution in [1.82, 2.24) is 14.2 Å². The van der Waals surface area contributed by atoms with Crippen molar-refractivity contribution >= 4 is 22.6 Å². The second-order valence-electron chi connectivity index (χ2n) is 6.31. The van der Waals surface area contributed by atoms with E-state index in [1.54, 1.807) is 0 Å². The Balaban J connectivity index is 2.25. The lowest BCUT2D eigenvalue weighted by Gasteiger charge is -2.42. The van der Waals surface area contributed by atoms with Crippen LogP contribution < -0.4 is 4.90 Å². The third-order valence-corrected chi connectivity index (χ3v) is 5.35. The minimum absolute atomic E-state index is 0.0637. The summed E-state index contributed by atoms with van der Waals surface area (Å²) in [5.74, 6) is 0.384. The van der Waals surface area contributed by atoms with Gasteiger partial charge in [-0.1, -0.05) is 26.0 Å². The molecule has 2 rings (SSSR count). The lowest BCUT2D eigenvalue weighted by Crippen LogP contribution is -2.59. The SMILES string of the molecule is C=CCCN1CN(CC(C)C=C)CN(c2snc(CC)c2C)C1=O. The number of carbonyl (C=O) groups is 1. The summed E-state index contributed by atoms with van der Waals surface area (Å²) < 4.78 is 4.51. The molecule has 24 heavy (non-hydrogen) atoms. The average molecular weight is 349 g/mol. The molecule has 2 heterocycles. The second kappa shape index (κ2) is 8.44. The predicted molar refractivity (Wildman–Crippen MR) is 101 cm³/mol. The van der Waals surface area contributed by atoms with E-state index in [9.17, 15) is 4.79 Å². The first-order valence-corrected chi connectivity index (χ1v) is 9.26. The molecule has 1 aromatic heterocycles. The Labute approximate surface area is 149 Å². The van der Waals surface area contributed by atoms with Crippen molar-refractivity contribution in [2.75, 3.05) is 31.3 Å². The Kier molecular flexibility index (Phi) is 6.57. The molecule has 1 aromatic rings. The summed E-state index contributed by atoms with van der Waals surface area (Å²) in [6, 6.07) is 0.0637. The first-order valence-electron chi connectivity index (χ1n) is 8.49. The van der Waals surface area contributed by atoms with Gasteiger partial charge in [0, 0.05) is 18.7 Å². The van der Waals surface area contributed by atoms with Gasteiger partial charge in [0.2, 0.25) is 0 Å². The quantitative estimate of drug-likeness (QED) is 0.670. The molecule has 5 nitrogen and oxygen atoms in total. The number of amides is 2. The first kappa shape index (κ1) is 18.7. The summed E-state index contributed by atoms with van der Waals surface area (Å²) in [6.45, 7) is 16.8. The van der Waals surface area contributed by atoms with Crippen LogP contribution in [0.1, 0.15) is 31.5 Å². The fourth-order valence-electron chi connectivity index (χ4n) is 2.88. The Morgan fingerprint density at radius 2 is 2.12 bits per heavy atom. The number of urea groups is 1. The number of anilines is 1. The molecule has 1 aliphatic heterocycles. The maximum Gasteiger partial charge on any atom is 0.327 e. The number of rotatable bonds is 8. The molecule has 2 amide bonds. The molecular weight excluding hydrogens is 320 g/mol. The van der Waals surface area contributed by atoms with E-state index in [2.05, 4.69) is 43.2 Å². The van der Waals surface area contributed by atoms with Crippen molar-refractivity contribution in [3.63, 3.8) is 0 Å². The molecule has 0 aliphatic carbocycles. The largest absolute Gasteiger partial charge is 0.327 e. The number of nitrogens with zero attached hydrogens (tertiary/aromatic N) is 4. The van der Waals surface area contributed by atoms with Crippen LogP contribution in [-0.4, -0.2) is 46.6 Å². The van der Waals surface area contributed by atoms with Crippen molar-refractivity contribution in [2.24, 2.45) is 5.92 Å². The maximum absolute atomic E-state index is 12.9. The van der Waals surface area contributed by atoms with Gasteiger partial charge in [0.15, 0.2) is 0 Å². The highest BCUT2D eigenvalue weighted by atomic mass is 32.1. The van der Waals surface area contributed by atoms with E-state index in [0.29, 0.717) is 25.8 Å². The van der Waals surface area contributed by atoms with Gasteiger partial charge < -0.3 is 4.90 Å². The zero-order valence-electron chi connectivity index (χ0n) is 15.0.